The molecule has 0 bridgehead atoms. The van der Waals surface area contributed by atoms with Gasteiger partial charge in [0.1, 0.15) is 21.2 Å². The van der Waals surface area contributed by atoms with Crippen LogP contribution in [0.5, 0.6) is 11.5 Å². The number of primary amides is 1. The number of carboxylic acid groups (broad SMARTS) is 1. The molecule has 2 aromatic heterocycles. The number of thiophene rings is 1. The van der Waals surface area contributed by atoms with Gasteiger partial charge in [-0.05, 0) is 37.5 Å². The quantitative estimate of drug-likeness (QED) is 0.571. The van der Waals surface area contributed by atoms with E-state index in [0.717, 1.165) is 22.6 Å². The second-order valence-corrected chi connectivity index (χ2v) is 7.14. The highest BCUT2D eigenvalue weighted by Gasteiger charge is 2.19. The van der Waals surface area contributed by atoms with Crippen LogP contribution in [0, 0.1) is 6.92 Å². The van der Waals surface area contributed by atoms with E-state index < -0.39 is 11.9 Å². The Balaban J connectivity index is 1.86. The number of nitrogens with zero attached hydrogens (tertiary/aromatic N) is 1. The number of carbonyl (C=O) groups is 2. The molecule has 7 nitrogen and oxygen atoms in total. The maximum Gasteiger partial charge on any atom is 0.303 e. The van der Waals surface area contributed by atoms with Gasteiger partial charge in [-0.3, -0.25) is 9.59 Å². The molecule has 8 heteroatoms. The van der Waals surface area contributed by atoms with Crippen molar-refractivity contribution in [1.82, 2.24) is 4.98 Å². The van der Waals surface area contributed by atoms with Gasteiger partial charge < -0.3 is 21.3 Å². The summed E-state index contributed by atoms with van der Waals surface area (Å²) in [5.74, 6) is -0.270. The lowest BCUT2D eigenvalue weighted by atomic mass is 10.1. The second kappa shape index (κ2) is 7.63. The van der Waals surface area contributed by atoms with Gasteiger partial charge in [0, 0.05) is 18.2 Å². The van der Waals surface area contributed by atoms with Crippen LogP contribution in [-0.2, 0) is 11.2 Å². The fourth-order valence-electron chi connectivity index (χ4n) is 2.76. The zero-order chi connectivity index (χ0) is 19.6. The zero-order valence-corrected chi connectivity index (χ0v) is 15.5. The van der Waals surface area contributed by atoms with Crippen LogP contribution in [-0.4, -0.2) is 22.0 Å². The molecule has 0 aliphatic heterocycles. The van der Waals surface area contributed by atoms with Crippen LogP contribution in [0.1, 0.15) is 33.8 Å². The van der Waals surface area contributed by atoms with Gasteiger partial charge in [-0.2, -0.15) is 0 Å². The van der Waals surface area contributed by atoms with E-state index in [1.165, 1.54) is 0 Å². The summed E-state index contributed by atoms with van der Waals surface area (Å²) in [6.07, 6.45) is 1.41. The monoisotopic (exact) mass is 385 g/mol. The first-order valence-corrected chi connectivity index (χ1v) is 9.15. The van der Waals surface area contributed by atoms with Gasteiger partial charge in [0.25, 0.3) is 5.91 Å². The predicted molar refractivity (Wildman–Crippen MR) is 104 cm³/mol. The van der Waals surface area contributed by atoms with E-state index in [9.17, 15) is 9.59 Å². The number of ether oxygens (including phenoxy) is 1. The largest absolute Gasteiger partial charge is 0.481 e. The Morgan fingerprint density at radius 1 is 1.26 bits per heavy atom. The SMILES string of the molecule is Cc1cc(Oc2ccc(CCCC(=O)O)cc2)c2c(N)c(C(N)=O)sc2n1. The first-order chi connectivity index (χ1) is 12.8. The summed E-state index contributed by atoms with van der Waals surface area (Å²) in [6, 6.07) is 9.18. The Morgan fingerprint density at radius 2 is 1.96 bits per heavy atom. The van der Waals surface area contributed by atoms with Crippen molar-refractivity contribution in [3.63, 3.8) is 0 Å². The highest BCUT2D eigenvalue weighted by Crippen LogP contribution is 2.40. The number of aromatic nitrogens is 1. The molecule has 2 heterocycles. The van der Waals surface area contributed by atoms with Gasteiger partial charge in [-0.25, -0.2) is 4.98 Å². The maximum absolute atomic E-state index is 11.6. The average molecular weight is 385 g/mol. The number of aryl methyl sites for hydroxylation is 2. The molecular weight excluding hydrogens is 366 g/mol. The summed E-state index contributed by atoms with van der Waals surface area (Å²) in [7, 11) is 0. The third-order valence-electron chi connectivity index (χ3n) is 4.02. The van der Waals surface area contributed by atoms with Crippen LogP contribution in [0.25, 0.3) is 10.2 Å². The van der Waals surface area contributed by atoms with Crippen molar-refractivity contribution in [2.24, 2.45) is 5.73 Å². The van der Waals surface area contributed by atoms with Crippen molar-refractivity contribution >= 4 is 39.1 Å². The van der Waals surface area contributed by atoms with E-state index in [4.69, 9.17) is 21.3 Å². The number of hydrogen-bond acceptors (Lipinski definition) is 6. The van der Waals surface area contributed by atoms with Crippen molar-refractivity contribution in [2.45, 2.75) is 26.2 Å². The highest BCUT2D eigenvalue weighted by molar-refractivity contribution is 7.21. The first-order valence-electron chi connectivity index (χ1n) is 8.33. The molecule has 5 N–H and O–H groups in total. The minimum absolute atomic E-state index is 0.145. The number of carbonyl (C=O) groups excluding carboxylic acids is 1. The average Bonchev–Trinajstić information content (AvgIpc) is 2.93. The van der Waals surface area contributed by atoms with Crippen LogP contribution in [0.2, 0.25) is 0 Å². The second-order valence-electron chi connectivity index (χ2n) is 6.14. The van der Waals surface area contributed by atoms with E-state index in [0.29, 0.717) is 34.6 Å². The molecule has 0 radical (unpaired) electrons. The molecule has 0 spiro atoms. The van der Waals surface area contributed by atoms with E-state index in [2.05, 4.69) is 4.98 Å². The molecule has 1 amide bonds. The Bertz CT molecular complexity index is 1010. The van der Waals surface area contributed by atoms with Crippen molar-refractivity contribution in [3.05, 3.63) is 46.5 Å². The first kappa shape index (κ1) is 18.7. The molecule has 0 unspecified atom stereocenters. The summed E-state index contributed by atoms with van der Waals surface area (Å²) in [4.78, 5) is 27.4. The Kier molecular flexibility index (Phi) is 5.27. The number of fused-ring (bicyclic) bond motifs is 1. The molecule has 0 saturated heterocycles. The van der Waals surface area contributed by atoms with E-state index >= 15 is 0 Å². The molecule has 27 heavy (non-hydrogen) atoms. The number of benzene rings is 1. The Labute approximate surface area is 159 Å². The summed E-state index contributed by atoms with van der Waals surface area (Å²) in [5.41, 5.74) is 13.5. The number of nitrogens with two attached hydrogens (primary N) is 2. The van der Waals surface area contributed by atoms with Gasteiger partial charge >= 0.3 is 5.97 Å². The number of aliphatic carboxylic acids is 1. The van der Waals surface area contributed by atoms with Gasteiger partial charge in [-0.15, -0.1) is 11.3 Å². The zero-order valence-electron chi connectivity index (χ0n) is 14.7. The molecule has 0 atom stereocenters. The molecule has 0 fully saturated rings. The normalized spacial score (nSPS) is 10.9. The molecule has 3 aromatic rings. The smallest absolute Gasteiger partial charge is 0.303 e. The predicted octanol–water partition coefficient (Wildman–Crippen LogP) is 3.49. The summed E-state index contributed by atoms with van der Waals surface area (Å²) in [5, 5.41) is 9.28. The van der Waals surface area contributed by atoms with Crippen LogP contribution >= 0.6 is 11.3 Å². The van der Waals surface area contributed by atoms with Gasteiger partial charge in [0.05, 0.1) is 11.1 Å². The van der Waals surface area contributed by atoms with Gasteiger partial charge in [0.2, 0.25) is 0 Å². The van der Waals surface area contributed by atoms with Crippen molar-refractivity contribution in [1.29, 1.82) is 0 Å². The van der Waals surface area contributed by atoms with Gasteiger partial charge in [0.15, 0.2) is 0 Å². The lowest BCUT2D eigenvalue weighted by Crippen LogP contribution is -2.10. The fourth-order valence-corrected chi connectivity index (χ4v) is 3.77. The fraction of sp³-hybridized carbons (Fsp3) is 0.211. The van der Waals surface area contributed by atoms with Crippen molar-refractivity contribution < 1.29 is 19.4 Å². The Morgan fingerprint density at radius 3 is 2.59 bits per heavy atom. The number of nitrogen functional groups attached to an aromatic ring is 1. The minimum Gasteiger partial charge on any atom is -0.481 e. The number of pyridine rings is 1. The maximum atomic E-state index is 11.6. The van der Waals surface area contributed by atoms with Crippen LogP contribution in [0.4, 0.5) is 5.69 Å². The third kappa shape index (κ3) is 4.17. The van der Waals surface area contributed by atoms with Crippen molar-refractivity contribution in [2.75, 3.05) is 5.73 Å². The van der Waals surface area contributed by atoms with E-state index in [1.54, 1.807) is 6.07 Å². The lowest BCUT2D eigenvalue weighted by Gasteiger charge is -2.09. The third-order valence-corrected chi connectivity index (χ3v) is 5.14. The van der Waals surface area contributed by atoms with E-state index in [1.807, 2.05) is 31.2 Å². The number of carboxylic acids is 1. The molecule has 140 valence electrons. The summed E-state index contributed by atoms with van der Waals surface area (Å²) >= 11 is 1.15. The highest BCUT2D eigenvalue weighted by atomic mass is 32.1. The molecule has 3 rings (SSSR count). The topological polar surface area (TPSA) is 129 Å². The van der Waals surface area contributed by atoms with Crippen LogP contribution in [0.3, 0.4) is 0 Å². The number of anilines is 1. The van der Waals surface area contributed by atoms with Crippen molar-refractivity contribution in [3.8, 4) is 11.5 Å². The Hall–Kier alpha value is -3.13. The molecule has 0 saturated carbocycles. The van der Waals surface area contributed by atoms with E-state index in [-0.39, 0.29) is 17.0 Å². The lowest BCUT2D eigenvalue weighted by molar-refractivity contribution is -0.137. The molecule has 1 aromatic carbocycles. The molecule has 0 aliphatic rings. The number of rotatable bonds is 7. The summed E-state index contributed by atoms with van der Waals surface area (Å²) in [6.45, 7) is 1.83. The number of amides is 1. The summed E-state index contributed by atoms with van der Waals surface area (Å²) < 4.78 is 5.98. The van der Waals surface area contributed by atoms with Crippen LogP contribution in [0.15, 0.2) is 30.3 Å². The molecular formula is C19H19N3O4S. The standard InChI is InChI=1S/C19H19N3O4S/c1-10-9-13(15-16(20)17(18(21)25)27-19(15)22-10)26-12-7-5-11(6-8-12)3-2-4-14(23)24/h5-9H,2-4,20H2,1H3,(H2,21,25)(H,23,24). The minimum atomic E-state index is -0.796. The van der Waals surface area contributed by atoms with Crippen LogP contribution < -0.4 is 16.2 Å². The van der Waals surface area contributed by atoms with Gasteiger partial charge in [-0.1, -0.05) is 12.1 Å². The number of hydrogen-bond donors (Lipinski definition) is 3. The molecule has 0 aliphatic carbocycles.